The summed E-state index contributed by atoms with van der Waals surface area (Å²) >= 11 is 0. The maximum Gasteiger partial charge on any atom is 0.248 e. The molecule has 1 rings (SSSR count). The van der Waals surface area contributed by atoms with Crippen LogP contribution in [0.3, 0.4) is 0 Å². The van der Waals surface area contributed by atoms with E-state index in [1.165, 1.54) is 5.57 Å². The lowest BCUT2D eigenvalue weighted by Crippen LogP contribution is -2.40. The van der Waals surface area contributed by atoms with E-state index in [9.17, 15) is 8.78 Å². The number of hydrogen-bond donors (Lipinski definition) is 1. The van der Waals surface area contributed by atoms with E-state index in [4.69, 9.17) is 0 Å². The number of rotatable bonds is 7. The summed E-state index contributed by atoms with van der Waals surface area (Å²) in [6.07, 6.45) is 4.56. The number of hydrogen-bond acceptors (Lipinski definition) is 1. The van der Waals surface area contributed by atoms with Gasteiger partial charge in [-0.1, -0.05) is 12.5 Å². The summed E-state index contributed by atoms with van der Waals surface area (Å²) < 4.78 is 26.3. The van der Waals surface area contributed by atoms with Crippen molar-refractivity contribution in [2.75, 3.05) is 6.54 Å². The topological polar surface area (TPSA) is 12.0 Å². The smallest absolute Gasteiger partial charge is 0.248 e. The molecule has 1 N–H and O–H groups in total. The lowest BCUT2D eigenvalue weighted by Gasteiger charge is -2.34. The summed E-state index contributed by atoms with van der Waals surface area (Å²) in [6, 6.07) is 0.387. The van der Waals surface area contributed by atoms with Crippen LogP contribution >= 0.6 is 0 Å². The number of allylic oxidation sites excluding steroid dienone is 1. The highest BCUT2D eigenvalue weighted by Crippen LogP contribution is 2.38. The first-order chi connectivity index (χ1) is 8.44. The molecule has 1 nitrogen and oxygen atoms in total. The molecular weight excluding hydrogens is 232 g/mol. The van der Waals surface area contributed by atoms with Crippen LogP contribution in [-0.2, 0) is 0 Å². The Bertz CT molecular complexity index is 253. The van der Waals surface area contributed by atoms with Crippen molar-refractivity contribution in [2.45, 2.75) is 70.8 Å². The fraction of sp³-hybridized carbons (Fsp3) is 0.867. The first-order valence-electron chi connectivity index (χ1n) is 7.20. The van der Waals surface area contributed by atoms with Crippen LogP contribution in [0.2, 0.25) is 0 Å². The van der Waals surface area contributed by atoms with E-state index in [1.807, 2.05) is 6.92 Å². The minimum atomic E-state index is -2.42. The molecule has 0 aromatic carbocycles. The van der Waals surface area contributed by atoms with Gasteiger partial charge in [0.25, 0.3) is 0 Å². The summed E-state index contributed by atoms with van der Waals surface area (Å²) in [5.74, 6) is -2.00. The third kappa shape index (κ3) is 5.47. The molecule has 0 aromatic heterocycles. The molecule has 0 radical (unpaired) electrons. The highest BCUT2D eigenvalue weighted by molar-refractivity contribution is 4.92. The molecule has 1 atom stereocenters. The van der Waals surface area contributed by atoms with Crippen molar-refractivity contribution in [3.63, 3.8) is 0 Å². The van der Waals surface area contributed by atoms with Gasteiger partial charge in [-0.3, -0.25) is 0 Å². The van der Waals surface area contributed by atoms with Crippen LogP contribution in [0.25, 0.3) is 0 Å². The number of nitrogens with one attached hydrogen (secondary N) is 1. The summed E-state index contributed by atoms with van der Waals surface area (Å²) in [6.45, 7) is 9.08. The minimum Gasteiger partial charge on any atom is -0.314 e. The number of alkyl halides is 2. The molecule has 0 bridgehead atoms. The largest absolute Gasteiger partial charge is 0.314 e. The normalized spacial score (nSPS) is 21.8. The molecule has 0 spiro atoms. The molecule has 0 heterocycles. The van der Waals surface area contributed by atoms with E-state index in [0.29, 0.717) is 24.8 Å². The van der Waals surface area contributed by atoms with Gasteiger partial charge in [-0.05, 0) is 51.5 Å². The maximum absolute atomic E-state index is 13.2. The van der Waals surface area contributed by atoms with E-state index in [2.05, 4.69) is 18.8 Å². The van der Waals surface area contributed by atoms with Crippen LogP contribution in [-0.4, -0.2) is 18.5 Å². The minimum absolute atomic E-state index is 0.0645. The third-order valence-electron chi connectivity index (χ3n) is 3.87. The standard InChI is InChI=1S/C15H27F2N/c1-4-11-18-14(6-5-12(2)3)13-7-9-15(16,17)10-8-13/h13-14,18H,2,4-11H2,1,3H3. The molecule has 0 aromatic rings. The molecule has 1 aliphatic rings. The predicted octanol–water partition coefficient (Wildman–Crippen LogP) is 4.54. The quantitative estimate of drug-likeness (QED) is 0.662. The summed E-state index contributed by atoms with van der Waals surface area (Å²) in [7, 11) is 0. The molecule has 3 heteroatoms. The Morgan fingerprint density at radius 1 is 1.39 bits per heavy atom. The summed E-state index contributed by atoms with van der Waals surface area (Å²) in [4.78, 5) is 0. The lowest BCUT2D eigenvalue weighted by atomic mass is 9.80. The van der Waals surface area contributed by atoms with Crippen molar-refractivity contribution in [3.8, 4) is 0 Å². The molecule has 18 heavy (non-hydrogen) atoms. The monoisotopic (exact) mass is 259 g/mol. The Morgan fingerprint density at radius 2 is 2.00 bits per heavy atom. The summed E-state index contributed by atoms with van der Waals surface area (Å²) in [5.41, 5.74) is 1.18. The third-order valence-corrected chi connectivity index (χ3v) is 3.87. The van der Waals surface area contributed by atoms with Gasteiger partial charge in [0.05, 0.1) is 0 Å². The Kier molecular flexibility index (Phi) is 6.27. The molecule has 0 saturated heterocycles. The van der Waals surface area contributed by atoms with Crippen molar-refractivity contribution in [1.29, 1.82) is 0 Å². The van der Waals surface area contributed by atoms with E-state index in [-0.39, 0.29) is 12.8 Å². The van der Waals surface area contributed by atoms with Gasteiger partial charge >= 0.3 is 0 Å². The Balaban J connectivity index is 2.46. The van der Waals surface area contributed by atoms with Gasteiger partial charge in [0.15, 0.2) is 0 Å². The zero-order valence-electron chi connectivity index (χ0n) is 11.8. The highest BCUT2D eigenvalue weighted by Gasteiger charge is 2.37. The SMILES string of the molecule is C=C(C)CCC(NCCC)C1CCC(F)(F)CC1. The zero-order valence-corrected chi connectivity index (χ0v) is 11.8. The van der Waals surface area contributed by atoms with Gasteiger partial charge in [0.1, 0.15) is 0 Å². The fourth-order valence-electron chi connectivity index (χ4n) is 2.70. The van der Waals surface area contributed by atoms with Crippen LogP contribution in [0, 0.1) is 5.92 Å². The van der Waals surface area contributed by atoms with Crippen molar-refractivity contribution >= 4 is 0 Å². The second-order valence-electron chi connectivity index (χ2n) is 5.75. The van der Waals surface area contributed by atoms with Crippen molar-refractivity contribution in [2.24, 2.45) is 5.92 Å². The molecule has 0 aliphatic heterocycles. The van der Waals surface area contributed by atoms with Crippen LogP contribution in [0.4, 0.5) is 8.78 Å². The van der Waals surface area contributed by atoms with Crippen LogP contribution in [0.5, 0.6) is 0 Å². The van der Waals surface area contributed by atoms with E-state index in [0.717, 1.165) is 25.8 Å². The average Bonchev–Trinajstić information content (AvgIpc) is 2.30. The first kappa shape index (κ1) is 15.6. The zero-order chi connectivity index (χ0) is 13.6. The molecule has 0 amide bonds. The molecule has 1 saturated carbocycles. The highest BCUT2D eigenvalue weighted by atomic mass is 19.3. The van der Waals surface area contributed by atoms with E-state index >= 15 is 0 Å². The van der Waals surface area contributed by atoms with Crippen LogP contribution in [0.1, 0.15) is 58.8 Å². The molecule has 1 fully saturated rings. The van der Waals surface area contributed by atoms with Gasteiger partial charge in [-0.25, -0.2) is 8.78 Å². The maximum atomic E-state index is 13.2. The van der Waals surface area contributed by atoms with Crippen LogP contribution < -0.4 is 5.32 Å². The Hall–Kier alpha value is -0.440. The van der Waals surface area contributed by atoms with E-state index in [1.54, 1.807) is 0 Å². The predicted molar refractivity (Wildman–Crippen MR) is 73.0 cm³/mol. The number of halogens is 2. The molecule has 106 valence electrons. The lowest BCUT2D eigenvalue weighted by molar-refractivity contribution is -0.0498. The van der Waals surface area contributed by atoms with Gasteiger partial charge in [0, 0.05) is 18.9 Å². The Morgan fingerprint density at radius 3 is 2.50 bits per heavy atom. The van der Waals surface area contributed by atoms with Crippen LogP contribution in [0.15, 0.2) is 12.2 Å². The molecule has 1 unspecified atom stereocenters. The molecule has 1 aliphatic carbocycles. The Labute approximate surface area is 110 Å². The second-order valence-corrected chi connectivity index (χ2v) is 5.75. The van der Waals surface area contributed by atoms with E-state index < -0.39 is 5.92 Å². The summed E-state index contributed by atoms with van der Waals surface area (Å²) in [5, 5.41) is 3.54. The second kappa shape index (κ2) is 7.22. The van der Waals surface area contributed by atoms with Gasteiger partial charge < -0.3 is 5.32 Å². The molecular formula is C15H27F2N. The van der Waals surface area contributed by atoms with Crippen molar-refractivity contribution < 1.29 is 8.78 Å². The first-order valence-corrected chi connectivity index (χ1v) is 7.20. The van der Waals surface area contributed by atoms with Crippen molar-refractivity contribution in [3.05, 3.63) is 12.2 Å². The van der Waals surface area contributed by atoms with Gasteiger partial charge in [-0.2, -0.15) is 0 Å². The van der Waals surface area contributed by atoms with Gasteiger partial charge in [0.2, 0.25) is 5.92 Å². The van der Waals surface area contributed by atoms with Gasteiger partial charge in [-0.15, -0.1) is 6.58 Å². The van der Waals surface area contributed by atoms with Crippen molar-refractivity contribution in [1.82, 2.24) is 5.32 Å². The average molecular weight is 259 g/mol. The fourth-order valence-corrected chi connectivity index (χ4v) is 2.70.